The Labute approximate surface area is 128 Å². The predicted octanol–water partition coefficient (Wildman–Crippen LogP) is 1.85. The summed E-state index contributed by atoms with van der Waals surface area (Å²) in [4.78, 5) is 11.9. The largest absolute Gasteiger partial charge is 0.325 e. The molecule has 6 heteroatoms. The van der Waals surface area contributed by atoms with Gasteiger partial charge in [0.25, 0.3) is 0 Å². The van der Waals surface area contributed by atoms with Crippen molar-refractivity contribution in [1.29, 1.82) is 10.5 Å². The Bertz CT molecular complexity index is 597. The first-order valence-corrected chi connectivity index (χ1v) is 7.84. The SMILES string of the molecule is N#Cc1ccc(NC(=O)CSC2CCNCC2)cc1C#N. The van der Waals surface area contributed by atoms with Crippen molar-refractivity contribution in [3.8, 4) is 12.1 Å². The van der Waals surface area contributed by atoms with Crippen LogP contribution in [0.1, 0.15) is 24.0 Å². The summed E-state index contributed by atoms with van der Waals surface area (Å²) in [5.74, 6) is 0.333. The van der Waals surface area contributed by atoms with Crippen LogP contribution in [0.4, 0.5) is 5.69 Å². The minimum Gasteiger partial charge on any atom is -0.325 e. The van der Waals surface area contributed by atoms with E-state index in [0.717, 1.165) is 25.9 Å². The molecule has 2 N–H and O–H groups in total. The molecule has 1 heterocycles. The van der Waals surface area contributed by atoms with Gasteiger partial charge in [-0.15, -0.1) is 11.8 Å². The van der Waals surface area contributed by atoms with Gasteiger partial charge in [-0.3, -0.25) is 4.79 Å². The molecule has 0 aliphatic carbocycles. The van der Waals surface area contributed by atoms with Crippen LogP contribution in [0.2, 0.25) is 0 Å². The van der Waals surface area contributed by atoms with Gasteiger partial charge in [0.1, 0.15) is 12.1 Å². The van der Waals surface area contributed by atoms with Crippen molar-refractivity contribution in [2.24, 2.45) is 0 Å². The number of benzene rings is 1. The third-order valence-corrected chi connectivity index (χ3v) is 4.65. The number of carbonyl (C=O) groups is 1. The van der Waals surface area contributed by atoms with E-state index >= 15 is 0 Å². The molecule has 1 aliphatic rings. The van der Waals surface area contributed by atoms with E-state index in [9.17, 15) is 4.79 Å². The summed E-state index contributed by atoms with van der Waals surface area (Å²) in [6.07, 6.45) is 2.18. The van der Waals surface area contributed by atoms with Crippen LogP contribution in [0.15, 0.2) is 18.2 Å². The second-order valence-electron chi connectivity index (χ2n) is 4.79. The number of piperidine rings is 1. The smallest absolute Gasteiger partial charge is 0.234 e. The molecule has 0 unspecified atom stereocenters. The number of nitrogens with one attached hydrogen (secondary N) is 2. The molecule has 0 atom stereocenters. The van der Waals surface area contributed by atoms with E-state index in [1.807, 2.05) is 12.1 Å². The Balaban J connectivity index is 1.88. The van der Waals surface area contributed by atoms with E-state index in [1.54, 1.807) is 23.9 Å². The van der Waals surface area contributed by atoms with Crippen LogP contribution in [0.25, 0.3) is 0 Å². The van der Waals surface area contributed by atoms with Gasteiger partial charge >= 0.3 is 0 Å². The maximum absolute atomic E-state index is 11.9. The van der Waals surface area contributed by atoms with Crippen LogP contribution in [-0.2, 0) is 4.79 Å². The molecule has 0 radical (unpaired) electrons. The number of thioether (sulfide) groups is 1. The van der Waals surface area contributed by atoms with Gasteiger partial charge in [-0.25, -0.2) is 0 Å². The monoisotopic (exact) mass is 300 g/mol. The van der Waals surface area contributed by atoms with E-state index in [0.29, 0.717) is 22.3 Å². The zero-order valence-electron chi connectivity index (χ0n) is 11.6. The van der Waals surface area contributed by atoms with Gasteiger partial charge < -0.3 is 10.6 Å². The summed E-state index contributed by atoms with van der Waals surface area (Å²) in [5, 5.41) is 24.4. The minimum absolute atomic E-state index is 0.0767. The molecule has 0 spiro atoms. The molecule has 1 aliphatic heterocycles. The average molecular weight is 300 g/mol. The van der Waals surface area contributed by atoms with Gasteiger partial charge in [-0.05, 0) is 44.1 Å². The van der Waals surface area contributed by atoms with E-state index in [2.05, 4.69) is 10.6 Å². The molecule has 0 bridgehead atoms. The van der Waals surface area contributed by atoms with Crippen molar-refractivity contribution < 1.29 is 4.79 Å². The number of nitrogens with zero attached hydrogens (tertiary/aromatic N) is 2. The fourth-order valence-corrected chi connectivity index (χ4v) is 3.19. The quantitative estimate of drug-likeness (QED) is 0.886. The van der Waals surface area contributed by atoms with Crippen LogP contribution < -0.4 is 10.6 Å². The Hall–Kier alpha value is -2.02. The summed E-state index contributed by atoms with van der Waals surface area (Å²) in [7, 11) is 0. The molecule has 1 fully saturated rings. The van der Waals surface area contributed by atoms with Crippen LogP contribution in [0, 0.1) is 22.7 Å². The molecule has 1 saturated heterocycles. The van der Waals surface area contributed by atoms with E-state index in [1.165, 1.54) is 6.07 Å². The Morgan fingerprint density at radius 2 is 2.00 bits per heavy atom. The second-order valence-corrected chi connectivity index (χ2v) is 6.08. The van der Waals surface area contributed by atoms with Crippen LogP contribution in [-0.4, -0.2) is 30.0 Å². The maximum Gasteiger partial charge on any atom is 0.234 e. The van der Waals surface area contributed by atoms with Gasteiger partial charge in [0.15, 0.2) is 0 Å². The van der Waals surface area contributed by atoms with E-state index < -0.39 is 0 Å². The van der Waals surface area contributed by atoms with Gasteiger partial charge in [-0.1, -0.05) is 0 Å². The van der Waals surface area contributed by atoms with Crippen molar-refractivity contribution in [1.82, 2.24) is 5.32 Å². The standard InChI is InChI=1S/C15H16N4OS/c16-8-11-1-2-13(7-12(11)9-17)19-15(20)10-21-14-3-5-18-6-4-14/h1-2,7,14,18H,3-6,10H2,(H,19,20). The normalized spacial score (nSPS) is 15.0. The van der Waals surface area contributed by atoms with Crippen molar-refractivity contribution >= 4 is 23.4 Å². The lowest BCUT2D eigenvalue weighted by Crippen LogP contribution is -2.30. The van der Waals surface area contributed by atoms with Gasteiger partial charge in [0, 0.05) is 10.9 Å². The summed E-state index contributed by atoms with van der Waals surface area (Å²) in [6.45, 7) is 2.03. The summed E-state index contributed by atoms with van der Waals surface area (Å²) < 4.78 is 0. The molecular weight excluding hydrogens is 284 g/mol. The number of amides is 1. The highest BCUT2D eigenvalue weighted by atomic mass is 32.2. The molecule has 1 amide bonds. The number of carbonyl (C=O) groups excluding carboxylic acids is 1. The lowest BCUT2D eigenvalue weighted by Gasteiger charge is -2.21. The first kappa shape index (κ1) is 15.4. The predicted molar refractivity (Wildman–Crippen MR) is 82.9 cm³/mol. The van der Waals surface area contributed by atoms with Crippen LogP contribution >= 0.6 is 11.8 Å². The van der Waals surface area contributed by atoms with E-state index in [4.69, 9.17) is 10.5 Å². The fourth-order valence-electron chi connectivity index (χ4n) is 2.16. The summed E-state index contributed by atoms with van der Waals surface area (Å²) in [5.41, 5.74) is 1.15. The third-order valence-electron chi connectivity index (χ3n) is 3.28. The highest BCUT2D eigenvalue weighted by molar-refractivity contribution is 8.00. The number of nitriles is 2. The number of hydrogen-bond donors (Lipinski definition) is 2. The molecule has 1 aromatic carbocycles. The average Bonchev–Trinajstić information content (AvgIpc) is 2.53. The molecule has 2 rings (SSSR count). The van der Waals surface area contributed by atoms with Crippen molar-refractivity contribution in [3.63, 3.8) is 0 Å². The first-order chi connectivity index (χ1) is 10.2. The Morgan fingerprint density at radius 1 is 1.29 bits per heavy atom. The Morgan fingerprint density at radius 3 is 2.67 bits per heavy atom. The van der Waals surface area contributed by atoms with Crippen LogP contribution in [0.3, 0.4) is 0 Å². The number of rotatable bonds is 4. The first-order valence-electron chi connectivity index (χ1n) is 6.79. The van der Waals surface area contributed by atoms with Gasteiger partial charge in [0.05, 0.1) is 16.9 Å². The number of hydrogen-bond acceptors (Lipinski definition) is 5. The molecule has 1 aromatic rings. The third kappa shape index (κ3) is 4.49. The van der Waals surface area contributed by atoms with Crippen molar-refractivity contribution in [2.75, 3.05) is 24.2 Å². The topological polar surface area (TPSA) is 88.7 Å². The zero-order valence-corrected chi connectivity index (χ0v) is 12.4. The molecule has 21 heavy (non-hydrogen) atoms. The van der Waals surface area contributed by atoms with Crippen molar-refractivity contribution in [2.45, 2.75) is 18.1 Å². The molecule has 0 saturated carbocycles. The minimum atomic E-state index is -0.0767. The van der Waals surface area contributed by atoms with Crippen molar-refractivity contribution in [3.05, 3.63) is 29.3 Å². The molecule has 0 aromatic heterocycles. The second kappa shape index (κ2) is 7.68. The molecule has 108 valence electrons. The Kier molecular flexibility index (Phi) is 5.62. The van der Waals surface area contributed by atoms with Gasteiger partial charge in [0.2, 0.25) is 5.91 Å². The summed E-state index contributed by atoms with van der Waals surface area (Å²) in [6, 6.07) is 8.64. The maximum atomic E-state index is 11.9. The highest BCUT2D eigenvalue weighted by Crippen LogP contribution is 2.21. The lowest BCUT2D eigenvalue weighted by molar-refractivity contribution is -0.113. The molecular formula is C15H16N4OS. The lowest BCUT2D eigenvalue weighted by atomic mass is 10.1. The fraction of sp³-hybridized carbons (Fsp3) is 0.400. The highest BCUT2D eigenvalue weighted by Gasteiger charge is 2.15. The van der Waals surface area contributed by atoms with E-state index in [-0.39, 0.29) is 11.5 Å². The zero-order chi connectivity index (χ0) is 15.1. The van der Waals surface area contributed by atoms with Crippen LogP contribution in [0.5, 0.6) is 0 Å². The summed E-state index contributed by atoms with van der Waals surface area (Å²) >= 11 is 1.67. The number of anilines is 1. The van der Waals surface area contributed by atoms with Gasteiger partial charge in [-0.2, -0.15) is 10.5 Å². The molecule has 5 nitrogen and oxygen atoms in total.